The van der Waals surface area contributed by atoms with Crippen molar-refractivity contribution in [3.8, 4) is 0 Å². The molecule has 186 valence electrons. The number of carbonyl (C=O) groups is 2. The number of aryl methyl sites for hydroxylation is 1. The lowest BCUT2D eigenvalue weighted by atomic mass is 10.1. The zero-order chi connectivity index (χ0) is 25.5. The minimum Gasteiger partial charge on any atom is -0.357 e. The summed E-state index contributed by atoms with van der Waals surface area (Å²) in [6, 6.07) is 12.3. The minimum atomic E-state index is -3.58. The summed E-state index contributed by atoms with van der Waals surface area (Å²) < 4.78 is 26.3. The van der Waals surface area contributed by atoms with E-state index < -0.39 is 16.1 Å². The molecule has 2 rings (SSSR count). The van der Waals surface area contributed by atoms with E-state index in [1.54, 1.807) is 37.1 Å². The Morgan fingerprint density at radius 3 is 2.29 bits per heavy atom. The highest BCUT2D eigenvalue weighted by atomic mass is 35.5. The Labute approximate surface area is 208 Å². The van der Waals surface area contributed by atoms with Gasteiger partial charge in [-0.1, -0.05) is 54.4 Å². The molecule has 2 aromatic rings. The van der Waals surface area contributed by atoms with Crippen molar-refractivity contribution in [1.29, 1.82) is 0 Å². The van der Waals surface area contributed by atoms with Crippen molar-refractivity contribution in [2.75, 3.05) is 24.2 Å². The highest BCUT2D eigenvalue weighted by molar-refractivity contribution is 7.92. The zero-order valence-electron chi connectivity index (χ0n) is 20.5. The summed E-state index contributed by atoms with van der Waals surface area (Å²) in [7, 11) is -2.03. The van der Waals surface area contributed by atoms with Gasteiger partial charge in [-0.25, -0.2) is 8.42 Å². The van der Waals surface area contributed by atoms with E-state index in [2.05, 4.69) is 5.32 Å². The van der Waals surface area contributed by atoms with Crippen LogP contribution in [0.25, 0.3) is 0 Å². The molecule has 0 spiro atoms. The Kier molecular flexibility index (Phi) is 9.94. The fourth-order valence-electron chi connectivity index (χ4n) is 3.82. The number of halogens is 1. The third kappa shape index (κ3) is 7.21. The number of carbonyl (C=O) groups excluding carboxylic acids is 2. The van der Waals surface area contributed by atoms with Crippen molar-refractivity contribution in [2.24, 2.45) is 0 Å². The molecule has 0 saturated heterocycles. The highest BCUT2D eigenvalue weighted by Crippen LogP contribution is 2.28. The van der Waals surface area contributed by atoms with Crippen molar-refractivity contribution in [2.45, 2.75) is 52.6 Å². The molecule has 34 heavy (non-hydrogen) atoms. The second kappa shape index (κ2) is 12.2. The predicted molar refractivity (Wildman–Crippen MR) is 137 cm³/mol. The summed E-state index contributed by atoms with van der Waals surface area (Å²) in [4.78, 5) is 27.4. The predicted octanol–water partition coefficient (Wildman–Crippen LogP) is 4.06. The number of hydrogen-bond donors (Lipinski definition) is 1. The molecule has 2 amide bonds. The smallest absolute Gasteiger partial charge is 0.242 e. The molecule has 7 nitrogen and oxygen atoms in total. The van der Waals surface area contributed by atoms with Gasteiger partial charge in [-0.05, 0) is 49.9 Å². The Balaban J connectivity index is 2.21. The minimum absolute atomic E-state index is 0.102. The van der Waals surface area contributed by atoms with E-state index in [0.29, 0.717) is 35.7 Å². The summed E-state index contributed by atoms with van der Waals surface area (Å²) in [6.45, 7) is 6.04. The van der Waals surface area contributed by atoms with Gasteiger partial charge >= 0.3 is 0 Å². The fourth-order valence-corrected chi connectivity index (χ4v) is 5.01. The van der Waals surface area contributed by atoms with Crippen LogP contribution in [-0.4, -0.2) is 51.0 Å². The second-order valence-corrected chi connectivity index (χ2v) is 10.7. The monoisotopic (exact) mass is 507 g/mol. The van der Waals surface area contributed by atoms with E-state index in [-0.39, 0.29) is 24.8 Å². The summed E-state index contributed by atoms with van der Waals surface area (Å²) >= 11 is 6.19. The van der Waals surface area contributed by atoms with E-state index in [4.69, 9.17) is 11.6 Å². The van der Waals surface area contributed by atoms with E-state index in [1.807, 2.05) is 38.1 Å². The van der Waals surface area contributed by atoms with Crippen LogP contribution in [-0.2, 0) is 26.2 Å². The first-order chi connectivity index (χ1) is 16.0. The number of nitrogens with one attached hydrogen (secondary N) is 1. The van der Waals surface area contributed by atoms with Crippen molar-refractivity contribution < 1.29 is 18.0 Å². The molecule has 2 aromatic carbocycles. The van der Waals surface area contributed by atoms with Crippen LogP contribution < -0.4 is 9.62 Å². The molecule has 0 aliphatic rings. The van der Waals surface area contributed by atoms with Gasteiger partial charge in [0.25, 0.3) is 0 Å². The molecule has 0 saturated carbocycles. The average molecular weight is 508 g/mol. The van der Waals surface area contributed by atoms with Gasteiger partial charge < -0.3 is 10.2 Å². The summed E-state index contributed by atoms with van der Waals surface area (Å²) in [6.07, 6.45) is 2.00. The SMILES string of the molecule is CC[C@H](C(=O)NC)N(Cc1ccc(C)cc1)C(=O)CCCN(c1cccc(Cl)c1C)S(C)(=O)=O. The number of amides is 2. The van der Waals surface area contributed by atoms with E-state index in [0.717, 1.165) is 17.4 Å². The molecule has 0 aliphatic carbocycles. The molecule has 0 radical (unpaired) electrons. The Bertz CT molecular complexity index is 1100. The first-order valence-electron chi connectivity index (χ1n) is 11.3. The fraction of sp³-hybridized carbons (Fsp3) is 0.440. The highest BCUT2D eigenvalue weighted by Gasteiger charge is 2.28. The summed E-state index contributed by atoms with van der Waals surface area (Å²) in [5.74, 6) is -0.428. The quantitative estimate of drug-likeness (QED) is 0.497. The Hall–Kier alpha value is -2.58. The number of hydrogen-bond acceptors (Lipinski definition) is 4. The van der Waals surface area contributed by atoms with Gasteiger partial charge in [0.15, 0.2) is 0 Å². The van der Waals surface area contributed by atoms with E-state index >= 15 is 0 Å². The lowest BCUT2D eigenvalue weighted by Crippen LogP contribution is -2.48. The van der Waals surface area contributed by atoms with E-state index in [9.17, 15) is 18.0 Å². The van der Waals surface area contributed by atoms with Crippen LogP contribution in [0.1, 0.15) is 42.9 Å². The van der Waals surface area contributed by atoms with Crippen molar-refractivity contribution in [3.05, 3.63) is 64.2 Å². The molecule has 1 N–H and O–H groups in total. The van der Waals surface area contributed by atoms with Crippen LogP contribution in [0.4, 0.5) is 5.69 Å². The molecular weight excluding hydrogens is 474 g/mol. The van der Waals surface area contributed by atoms with E-state index in [1.165, 1.54) is 4.31 Å². The van der Waals surface area contributed by atoms with Crippen LogP contribution in [0.5, 0.6) is 0 Å². The summed E-state index contributed by atoms with van der Waals surface area (Å²) in [5, 5.41) is 3.12. The lowest BCUT2D eigenvalue weighted by Gasteiger charge is -2.31. The maximum Gasteiger partial charge on any atom is 0.242 e. The van der Waals surface area contributed by atoms with Gasteiger partial charge in [0.2, 0.25) is 21.8 Å². The van der Waals surface area contributed by atoms with Gasteiger partial charge in [0.1, 0.15) is 6.04 Å². The Morgan fingerprint density at radius 2 is 1.74 bits per heavy atom. The van der Waals surface area contributed by atoms with Gasteiger partial charge in [0.05, 0.1) is 11.9 Å². The maximum absolute atomic E-state index is 13.3. The zero-order valence-corrected chi connectivity index (χ0v) is 22.0. The molecular formula is C25H34ClN3O4S. The van der Waals surface area contributed by atoms with Crippen molar-refractivity contribution >= 4 is 39.1 Å². The van der Waals surface area contributed by atoms with Crippen LogP contribution in [0.2, 0.25) is 5.02 Å². The number of sulfonamides is 1. The van der Waals surface area contributed by atoms with Gasteiger partial charge in [-0.2, -0.15) is 0 Å². The normalized spacial score (nSPS) is 12.2. The van der Waals surface area contributed by atoms with Crippen LogP contribution in [0.15, 0.2) is 42.5 Å². The maximum atomic E-state index is 13.3. The first-order valence-corrected chi connectivity index (χ1v) is 13.5. The van der Waals surface area contributed by atoms with Crippen LogP contribution >= 0.6 is 11.6 Å². The van der Waals surface area contributed by atoms with Gasteiger partial charge in [0, 0.05) is 31.6 Å². The molecule has 0 bridgehead atoms. The number of nitrogens with zero attached hydrogens (tertiary/aromatic N) is 2. The molecule has 0 fully saturated rings. The molecule has 0 unspecified atom stereocenters. The van der Waals surface area contributed by atoms with Crippen molar-refractivity contribution in [3.63, 3.8) is 0 Å². The topological polar surface area (TPSA) is 86.8 Å². The van der Waals surface area contributed by atoms with Gasteiger partial charge in [-0.15, -0.1) is 0 Å². The van der Waals surface area contributed by atoms with Crippen LogP contribution in [0, 0.1) is 13.8 Å². The third-order valence-corrected chi connectivity index (χ3v) is 7.36. The largest absolute Gasteiger partial charge is 0.357 e. The average Bonchev–Trinajstić information content (AvgIpc) is 2.79. The molecule has 0 aliphatic heterocycles. The summed E-state index contributed by atoms with van der Waals surface area (Å²) in [5.41, 5.74) is 3.19. The molecule has 9 heteroatoms. The third-order valence-electron chi connectivity index (χ3n) is 5.77. The second-order valence-electron chi connectivity index (χ2n) is 8.37. The number of rotatable bonds is 11. The standard InChI is InChI=1S/C25H34ClN3O4S/c1-6-22(25(31)27-4)28(17-20-14-12-18(2)13-15-20)24(30)11-8-16-29(34(5,32)33)23-10-7-9-21(26)19(23)3/h7,9-10,12-15,22H,6,8,11,16-17H2,1-5H3,(H,27,31)/t22-/m1/s1. The van der Waals surface area contributed by atoms with Gasteiger partial charge in [-0.3, -0.25) is 13.9 Å². The molecule has 0 aromatic heterocycles. The first kappa shape index (κ1) is 27.7. The lowest BCUT2D eigenvalue weighted by molar-refractivity contribution is -0.141. The van der Waals surface area contributed by atoms with Crippen molar-refractivity contribution in [1.82, 2.24) is 10.2 Å². The Morgan fingerprint density at radius 1 is 1.09 bits per heavy atom. The number of anilines is 1. The number of likely N-dealkylation sites (N-methyl/N-ethyl adjacent to an activating group) is 1. The molecule has 1 atom stereocenters. The number of benzene rings is 2. The molecule has 0 heterocycles. The van der Waals surface area contributed by atoms with Crippen LogP contribution in [0.3, 0.4) is 0 Å².